The Hall–Kier alpha value is -2.82. The number of hydrogen-bond acceptors (Lipinski definition) is 4. The van der Waals surface area contributed by atoms with Gasteiger partial charge in [0.2, 0.25) is 5.91 Å². The summed E-state index contributed by atoms with van der Waals surface area (Å²) in [5.41, 5.74) is 6.27. The van der Waals surface area contributed by atoms with Gasteiger partial charge in [0.25, 0.3) is 0 Å². The van der Waals surface area contributed by atoms with Gasteiger partial charge in [-0.2, -0.15) is 5.10 Å². The number of hydrogen-bond donors (Lipinski definition) is 3. The van der Waals surface area contributed by atoms with Crippen molar-refractivity contribution in [3.05, 3.63) is 58.7 Å². The molecule has 0 saturated carbocycles. The average molecular weight is 298 g/mol. The summed E-state index contributed by atoms with van der Waals surface area (Å²) in [7, 11) is 0. The normalized spacial score (nSPS) is 10.8. The number of amides is 1. The largest absolute Gasteiger partial charge is 0.504 e. The maximum absolute atomic E-state index is 11.8. The van der Waals surface area contributed by atoms with E-state index in [2.05, 4.69) is 10.5 Å². The number of carbonyl (C=O) groups excluding carboxylic acids is 1. The van der Waals surface area contributed by atoms with Crippen molar-refractivity contribution in [2.24, 2.45) is 5.10 Å². The van der Waals surface area contributed by atoms with E-state index >= 15 is 0 Å². The van der Waals surface area contributed by atoms with Gasteiger partial charge < -0.3 is 10.2 Å². The third-order valence-corrected chi connectivity index (χ3v) is 3.34. The van der Waals surface area contributed by atoms with Gasteiger partial charge >= 0.3 is 0 Å². The van der Waals surface area contributed by atoms with E-state index in [9.17, 15) is 15.0 Å². The lowest BCUT2D eigenvalue weighted by Gasteiger charge is -2.04. The van der Waals surface area contributed by atoms with Crippen LogP contribution < -0.4 is 5.43 Å². The van der Waals surface area contributed by atoms with Crippen LogP contribution in [0.3, 0.4) is 0 Å². The molecule has 0 aromatic heterocycles. The van der Waals surface area contributed by atoms with E-state index in [1.165, 1.54) is 23.9 Å². The molecule has 0 bridgehead atoms. The van der Waals surface area contributed by atoms with E-state index in [-0.39, 0.29) is 23.8 Å². The fraction of sp³-hybridized carbons (Fsp3) is 0.176. The summed E-state index contributed by atoms with van der Waals surface area (Å²) in [5, 5.41) is 22.4. The van der Waals surface area contributed by atoms with Gasteiger partial charge in [-0.15, -0.1) is 0 Å². The molecule has 0 aliphatic heterocycles. The van der Waals surface area contributed by atoms with Crippen LogP contribution in [-0.2, 0) is 11.2 Å². The molecule has 0 fully saturated rings. The lowest BCUT2D eigenvalue weighted by atomic mass is 10.0. The fourth-order valence-electron chi connectivity index (χ4n) is 1.94. The maximum Gasteiger partial charge on any atom is 0.244 e. The molecule has 22 heavy (non-hydrogen) atoms. The van der Waals surface area contributed by atoms with Gasteiger partial charge in [-0.05, 0) is 54.3 Å². The van der Waals surface area contributed by atoms with Gasteiger partial charge in [0.15, 0.2) is 11.5 Å². The van der Waals surface area contributed by atoms with Crippen molar-refractivity contribution in [1.82, 2.24) is 5.43 Å². The topological polar surface area (TPSA) is 81.9 Å². The van der Waals surface area contributed by atoms with Crippen molar-refractivity contribution in [3.8, 4) is 11.5 Å². The lowest BCUT2D eigenvalue weighted by Crippen LogP contribution is -2.19. The quantitative estimate of drug-likeness (QED) is 0.460. The molecule has 0 aliphatic rings. The van der Waals surface area contributed by atoms with Gasteiger partial charge in [0, 0.05) is 0 Å². The molecule has 2 aromatic carbocycles. The summed E-state index contributed by atoms with van der Waals surface area (Å²) in [6.45, 7) is 4.03. The summed E-state index contributed by atoms with van der Waals surface area (Å²) < 4.78 is 0. The first kappa shape index (κ1) is 15.6. The van der Waals surface area contributed by atoms with E-state index in [1.54, 1.807) is 6.07 Å². The zero-order valence-corrected chi connectivity index (χ0v) is 12.5. The van der Waals surface area contributed by atoms with Gasteiger partial charge in [-0.1, -0.05) is 18.2 Å². The Bertz CT molecular complexity index is 724. The van der Waals surface area contributed by atoms with E-state index in [0.29, 0.717) is 5.56 Å². The standard InChI is InChI=1S/C17H18N2O3/c1-11-3-4-13(7-12(11)2)9-17(22)19-18-10-14-5-6-15(20)16(21)8-14/h3-8,10,20-21H,9H2,1-2H3,(H,19,22)/b18-10+. The first-order valence-electron chi connectivity index (χ1n) is 6.85. The Labute approximate surface area is 128 Å². The van der Waals surface area contributed by atoms with Crippen LogP contribution in [0.15, 0.2) is 41.5 Å². The van der Waals surface area contributed by atoms with E-state index < -0.39 is 0 Å². The maximum atomic E-state index is 11.8. The summed E-state index contributed by atoms with van der Waals surface area (Å²) in [5.74, 6) is -0.649. The highest BCUT2D eigenvalue weighted by Crippen LogP contribution is 2.23. The monoisotopic (exact) mass is 298 g/mol. The molecule has 5 nitrogen and oxygen atoms in total. The molecule has 0 unspecified atom stereocenters. The summed E-state index contributed by atoms with van der Waals surface area (Å²) >= 11 is 0. The first-order chi connectivity index (χ1) is 10.5. The molecule has 2 rings (SSSR count). The lowest BCUT2D eigenvalue weighted by molar-refractivity contribution is -0.120. The molecule has 0 radical (unpaired) electrons. The van der Waals surface area contributed by atoms with Crippen LogP contribution >= 0.6 is 0 Å². The Morgan fingerprint density at radius 3 is 2.55 bits per heavy atom. The SMILES string of the molecule is Cc1ccc(CC(=O)N/N=C/c2ccc(O)c(O)c2)cc1C. The van der Waals surface area contributed by atoms with Gasteiger partial charge in [0.05, 0.1) is 12.6 Å². The molecule has 0 heterocycles. The van der Waals surface area contributed by atoms with Crippen molar-refractivity contribution in [1.29, 1.82) is 0 Å². The average Bonchev–Trinajstić information content (AvgIpc) is 2.47. The molecule has 1 amide bonds. The number of rotatable bonds is 4. The minimum absolute atomic E-state index is 0.198. The molecule has 0 atom stereocenters. The van der Waals surface area contributed by atoms with Crippen LogP contribution in [0.1, 0.15) is 22.3 Å². The molecule has 2 aromatic rings. The Morgan fingerprint density at radius 2 is 1.86 bits per heavy atom. The zero-order chi connectivity index (χ0) is 16.1. The van der Waals surface area contributed by atoms with Crippen molar-refractivity contribution >= 4 is 12.1 Å². The van der Waals surface area contributed by atoms with Crippen LogP contribution in [0.5, 0.6) is 11.5 Å². The number of nitrogens with one attached hydrogen (secondary N) is 1. The molecule has 0 saturated heterocycles. The minimum Gasteiger partial charge on any atom is -0.504 e. The van der Waals surface area contributed by atoms with Crippen LogP contribution in [0.25, 0.3) is 0 Å². The second-order valence-corrected chi connectivity index (χ2v) is 5.14. The first-order valence-corrected chi connectivity index (χ1v) is 6.85. The molecular formula is C17H18N2O3. The Kier molecular flexibility index (Phi) is 4.78. The third kappa shape index (κ3) is 4.09. The second-order valence-electron chi connectivity index (χ2n) is 5.14. The molecule has 5 heteroatoms. The predicted octanol–water partition coefficient (Wildman–Crippen LogP) is 2.41. The molecular weight excluding hydrogens is 280 g/mol. The fourth-order valence-corrected chi connectivity index (χ4v) is 1.94. The summed E-state index contributed by atoms with van der Waals surface area (Å²) in [6, 6.07) is 10.2. The van der Waals surface area contributed by atoms with E-state index in [0.717, 1.165) is 11.1 Å². The minimum atomic E-state index is -0.231. The summed E-state index contributed by atoms with van der Waals surface area (Å²) in [4.78, 5) is 11.8. The molecule has 0 aliphatic carbocycles. The Balaban J connectivity index is 1.93. The van der Waals surface area contributed by atoms with Crippen molar-refractivity contribution in [2.45, 2.75) is 20.3 Å². The third-order valence-electron chi connectivity index (χ3n) is 3.34. The number of carbonyl (C=O) groups is 1. The zero-order valence-electron chi connectivity index (χ0n) is 12.5. The van der Waals surface area contributed by atoms with Crippen LogP contribution in [0.2, 0.25) is 0 Å². The number of benzene rings is 2. The molecule has 114 valence electrons. The number of aryl methyl sites for hydroxylation is 2. The predicted molar refractivity (Wildman–Crippen MR) is 85.1 cm³/mol. The van der Waals surface area contributed by atoms with Crippen LogP contribution in [0, 0.1) is 13.8 Å². The molecule has 3 N–H and O–H groups in total. The van der Waals surface area contributed by atoms with E-state index in [1.807, 2.05) is 32.0 Å². The van der Waals surface area contributed by atoms with Crippen LogP contribution in [-0.4, -0.2) is 22.3 Å². The highest BCUT2D eigenvalue weighted by Gasteiger charge is 2.03. The smallest absolute Gasteiger partial charge is 0.244 e. The number of nitrogens with zero attached hydrogens (tertiary/aromatic N) is 1. The number of phenolic OH excluding ortho intramolecular Hbond substituents is 2. The Morgan fingerprint density at radius 1 is 1.09 bits per heavy atom. The summed E-state index contributed by atoms with van der Waals surface area (Å²) in [6.07, 6.45) is 1.65. The van der Waals surface area contributed by atoms with Gasteiger partial charge in [0.1, 0.15) is 0 Å². The number of hydrazone groups is 1. The number of aromatic hydroxyl groups is 2. The second kappa shape index (κ2) is 6.76. The number of phenols is 2. The highest BCUT2D eigenvalue weighted by molar-refractivity contribution is 5.84. The van der Waals surface area contributed by atoms with Crippen LogP contribution in [0.4, 0.5) is 0 Å². The van der Waals surface area contributed by atoms with Gasteiger partial charge in [-0.3, -0.25) is 4.79 Å². The van der Waals surface area contributed by atoms with Gasteiger partial charge in [-0.25, -0.2) is 5.43 Å². The van der Waals surface area contributed by atoms with E-state index in [4.69, 9.17) is 0 Å². The van der Waals surface area contributed by atoms with Crippen molar-refractivity contribution in [3.63, 3.8) is 0 Å². The molecule has 0 spiro atoms. The van der Waals surface area contributed by atoms with Crippen molar-refractivity contribution in [2.75, 3.05) is 0 Å². The highest BCUT2D eigenvalue weighted by atomic mass is 16.3. The van der Waals surface area contributed by atoms with Crippen molar-refractivity contribution < 1.29 is 15.0 Å².